The van der Waals surface area contributed by atoms with Crippen molar-refractivity contribution in [3.8, 4) is 0 Å². The van der Waals surface area contributed by atoms with E-state index >= 15 is 0 Å². The van der Waals surface area contributed by atoms with E-state index in [4.69, 9.17) is 0 Å². The van der Waals surface area contributed by atoms with Gasteiger partial charge in [0.1, 0.15) is 18.0 Å². The summed E-state index contributed by atoms with van der Waals surface area (Å²) in [6, 6.07) is 0.516. The first-order valence-electron chi connectivity index (χ1n) is 7.42. The number of rotatable bonds is 5. The molecule has 4 heteroatoms. The highest BCUT2D eigenvalue weighted by Crippen LogP contribution is 2.39. The molecule has 0 radical (unpaired) electrons. The highest BCUT2D eigenvalue weighted by molar-refractivity contribution is 5.57. The number of hydrogen-bond donors (Lipinski definition) is 2. The smallest absolute Gasteiger partial charge is 0.134 e. The molecule has 1 aliphatic rings. The summed E-state index contributed by atoms with van der Waals surface area (Å²) in [5.41, 5.74) is 1.56. The van der Waals surface area contributed by atoms with Crippen molar-refractivity contribution >= 4 is 11.6 Å². The summed E-state index contributed by atoms with van der Waals surface area (Å²) in [7, 11) is 0. The number of nitrogens with zero attached hydrogens (tertiary/aromatic N) is 2. The Bertz CT molecular complexity index is 428. The predicted molar refractivity (Wildman–Crippen MR) is 80.6 cm³/mol. The van der Waals surface area contributed by atoms with Crippen molar-refractivity contribution in [3.63, 3.8) is 0 Å². The summed E-state index contributed by atoms with van der Waals surface area (Å²) in [6.07, 6.45) is 6.42. The Hall–Kier alpha value is -1.32. The van der Waals surface area contributed by atoms with Crippen LogP contribution in [0.25, 0.3) is 0 Å². The highest BCUT2D eigenvalue weighted by Gasteiger charge is 2.34. The largest absolute Gasteiger partial charge is 0.370 e. The van der Waals surface area contributed by atoms with Crippen molar-refractivity contribution in [1.82, 2.24) is 9.97 Å². The van der Waals surface area contributed by atoms with Crippen molar-refractivity contribution in [2.45, 2.75) is 59.4 Å². The Kier molecular flexibility index (Phi) is 4.27. The van der Waals surface area contributed by atoms with E-state index in [-0.39, 0.29) is 0 Å². The standard InChI is InChI=1S/C15H26N4/c1-5-11-13(16-6-2)17-10-18-14(11)19-12-8-7-9-15(12,3)4/h10,12H,5-9H2,1-4H3,(H2,16,17,18,19). The zero-order valence-electron chi connectivity index (χ0n) is 12.6. The fraction of sp³-hybridized carbons (Fsp3) is 0.733. The second-order valence-electron chi connectivity index (χ2n) is 6.01. The zero-order chi connectivity index (χ0) is 13.9. The molecule has 0 bridgehead atoms. The van der Waals surface area contributed by atoms with Crippen molar-refractivity contribution in [2.75, 3.05) is 17.2 Å². The SMILES string of the molecule is CCNc1ncnc(NC2CCCC2(C)C)c1CC. The molecule has 0 aliphatic heterocycles. The highest BCUT2D eigenvalue weighted by atomic mass is 15.1. The van der Waals surface area contributed by atoms with Gasteiger partial charge in [-0.2, -0.15) is 0 Å². The number of nitrogens with one attached hydrogen (secondary N) is 2. The van der Waals surface area contributed by atoms with Crippen LogP contribution >= 0.6 is 0 Å². The van der Waals surface area contributed by atoms with Gasteiger partial charge in [0.2, 0.25) is 0 Å². The third-order valence-electron chi connectivity index (χ3n) is 4.21. The predicted octanol–water partition coefficient (Wildman–Crippen LogP) is 3.46. The lowest BCUT2D eigenvalue weighted by atomic mass is 9.87. The van der Waals surface area contributed by atoms with Crippen LogP contribution in [0.5, 0.6) is 0 Å². The third-order valence-corrected chi connectivity index (χ3v) is 4.21. The molecule has 4 nitrogen and oxygen atoms in total. The normalized spacial score (nSPS) is 21.4. The molecule has 0 aromatic carbocycles. The summed E-state index contributed by atoms with van der Waals surface area (Å²) in [5, 5.41) is 6.98. The molecule has 1 atom stereocenters. The minimum atomic E-state index is 0.355. The molecule has 1 aliphatic carbocycles. The molecule has 1 fully saturated rings. The van der Waals surface area contributed by atoms with Gasteiger partial charge in [0.25, 0.3) is 0 Å². The summed E-state index contributed by atoms with van der Waals surface area (Å²) < 4.78 is 0. The van der Waals surface area contributed by atoms with E-state index in [1.807, 2.05) is 0 Å². The van der Waals surface area contributed by atoms with E-state index in [9.17, 15) is 0 Å². The third kappa shape index (κ3) is 2.99. The minimum Gasteiger partial charge on any atom is -0.370 e. The van der Waals surface area contributed by atoms with Crippen molar-refractivity contribution in [2.24, 2.45) is 5.41 Å². The Morgan fingerprint density at radius 1 is 1.26 bits per heavy atom. The van der Waals surface area contributed by atoms with Gasteiger partial charge in [0, 0.05) is 18.2 Å². The van der Waals surface area contributed by atoms with Crippen LogP contribution in [0.15, 0.2) is 6.33 Å². The summed E-state index contributed by atoms with van der Waals surface area (Å²) in [4.78, 5) is 8.81. The lowest BCUT2D eigenvalue weighted by Crippen LogP contribution is -2.31. The first-order chi connectivity index (χ1) is 9.08. The molecule has 1 aromatic rings. The van der Waals surface area contributed by atoms with Crippen LogP contribution in [0.1, 0.15) is 52.5 Å². The fourth-order valence-corrected chi connectivity index (χ4v) is 2.95. The molecule has 106 valence electrons. The first kappa shape index (κ1) is 14.1. The Morgan fingerprint density at radius 3 is 2.58 bits per heavy atom. The molecule has 2 N–H and O–H groups in total. The molecule has 0 saturated heterocycles. The summed E-state index contributed by atoms with van der Waals surface area (Å²) in [5.74, 6) is 1.98. The van der Waals surface area contributed by atoms with E-state index in [1.165, 1.54) is 24.8 Å². The van der Waals surface area contributed by atoms with Crippen LogP contribution in [0, 0.1) is 5.41 Å². The number of hydrogen-bond acceptors (Lipinski definition) is 4. The van der Waals surface area contributed by atoms with Gasteiger partial charge in [-0.1, -0.05) is 27.2 Å². The van der Waals surface area contributed by atoms with Crippen molar-refractivity contribution in [1.29, 1.82) is 0 Å². The molecule has 0 amide bonds. The molecule has 1 aromatic heterocycles. The van der Waals surface area contributed by atoms with Crippen LogP contribution in [0.2, 0.25) is 0 Å². The molecule has 1 heterocycles. The van der Waals surface area contributed by atoms with Crippen LogP contribution in [-0.4, -0.2) is 22.6 Å². The average molecular weight is 262 g/mol. The Labute approximate surface area is 116 Å². The summed E-state index contributed by atoms with van der Waals surface area (Å²) in [6.45, 7) is 9.82. The van der Waals surface area contributed by atoms with Gasteiger partial charge in [-0.3, -0.25) is 0 Å². The second kappa shape index (κ2) is 5.76. The summed E-state index contributed by atoms with van der Waals surface area (Å²) >= 11 is 0. The lowest BCUT2D eigenvalue weighted by Gasteiger charge is -2.29. The maximum atomic E-state index is 4.46. The van der Waals surface area contributed by atoms with Crippen LogP contribution < -0.4 is 10.6 Å². The second-order valence-corrected chi connectivity index (χ2v) is 6.01. The Morgan fingerprint density at radius 2 is 2.00 bits per heavy atom. The van der Waals surface area contributed by atoms with Crippen LogP contribution in [0.3, 0.4) is 0 Å². The first-order valence-corrected chi connectivity index (χ1v) is 7.42. The molecule has 0 spiro atoms. The maximum Gasteiger partial charge on any atom is 0.134 e. The quantitative estimate of drug-likeness (QED) is 0.853. The number of anilines is 2. The Balaban J connectivity index is 2.22. The molecule has 1 unspecified atom stereocenters. The monoisotopic (exact) mass is 262 g/mol. The van der Waals surface area contributed by atoms with Crippen molar-refractivity contribution < 1.29 is 0 Å². The van der Waals surface area contributed by atoms with Crippen molar-refractivity contribution in [3.05, 3.63) is 11.9 Å². The maximum absolute atomic E-state index is 4.46. The van der Waals surface area contributed by atoms with E-state index < -0.39 is 0 Å². The van der Waals surface area contributed by atoms with Gasteiger partial charge in [0.15, 0.2) is 0 Å². The lowest BCUT2D eigenvalue weighted by molar-refractivity contribution is 0.349. The van der Waals surface area contributed by atoms with Crippen LogP contribution in [-0.2, 0) is 6.42 Å². The van der Waals surface area contributed by atoms with E-state index in [0.29, 0.717) is 11.5 Å². The van der Waals surface area contributed by atoms with Gasteiger partial charge in [-0.15, -0.1) is 0 Å². The van der Waals surface area contributed by atoms with E-state index in [0.717, 1.165) is 24.6 Å². The van der Waals surface area contributed by atoms with E-state index in [2.05, 4.69) is 48.3 Å². The zero-order valence-corrected chi connectivity index (χ0v) is 12.6. The van der Waals surface area contributed by atoms with Gasteiger partial charge in [-0.25, -0.2) is 9.97 Å². The topological polar surface area (TPSA) is 49.8 Å². The van der Waals surface area contributed by atoms with Gasteiger partial charge in [-0.05, 0) is 31.6 Å². The van der Waals surface area contributed by atoms with Gasteiger partial charge in [0.05, 0.1) is 0 Å². The number of aromatic nitrogens is 2. The van der Waals surface area contributed by atoms with Gasteiger partial charge < -0.3 is 10.6 Å². The fourth-order valence-electron chi connectivity index (χ4n) is 2.95. The van der Waals surface area contributed by atoms with Gasteiger partial charge >= 0.3 is 0 Å². The molecular weight excluding hydrogens is 236 g/mol. The molecular formula is C15H26N4. The molecule has 2 rings (SSSR count). The minimum absolute atomic E-state index is 0.355. The molecule has 1 saturated carbocycles. The van der Waals surface area contributed by atoms with E-state index in [1.54, 1.807) is 6.33 Å². The average Bonchev–Trinajstić information content (AvgIpc) is 2.70. The van der Waals surface area contributed by atoms with Crippen LogP contribution in [0.4, 0.5) is 11.6 Å². The molecule has 19 heavy (non-hydrogen) atoms.